The normalized spacial score (nSPS) is 11.7. The molecule has 0 heterocycles. The van der Waals surface area contributed by atoms with Crippen LogP contribution >= 0.6 is 11.8 Å². The Bertz CT molecular complexity index is 454. The van der Waals surface area contributed by atoms with Crippen LogP contribution in [0, 0.1) is 0 Å². The molecule has 1 aromatic carbocycles. The molecule has 4 nitrogen and oxygen atoms in total. The smallest absolute Gasteiger partial charge is 0.226 e. The first kappa shape index (κ1) is 20.2. The highest BCUT2D eigenvalue weighted by molar-refractivity contribution is 8.13. The number of hydrogen-bond acceptors (Lipinski definition) is 5. The van der Waals surface area contributed by atoms with Crippen molar-refractivity contribution in [2.45, 2.75) is 25.6 Å². The lowest BCUT2D eigenvalue weighted by Gasteiger charge is -2.23. The summed E-state index contributed by atoms with van der Waals surface area (Å²) in [5.74, 6) is 1.58. The Balaban J connectivity index is 2.10. The van der Waals surface area contributed by atoms with E-state index in [1.54, 1.807) is 0 Å². The van der Waals surface area contributed by atoms with Crippen molar-refractivity contribution in [3.63, 3.8) is 0 Å². The van der Waals surface area contributed by atoms with E-state index in [1.165, 1.54) is 11.8 Å². The van der Waals surface area contributed by atoms with Gasteiger partial charge in [0.05, 0.1) is 0 Å². The number of carbonyl (C=O) groups excluding carboxylic acids is 1. The molecule has 0 saturated heterocycles. The van der Waals surface area contributed by atoms with Crippen molar-refractivity contribution >= 4 is 25.2 Å². The Morgan fingerprint density at radius 3 is 2.57 bits per heavy atom. The second-order valence-corrected chi connectivity index (χ2v) is 11.8. The minimum Gasteiger partial charge on any atom is -0.485 e. The van der Waals surface area contributed by atoms with Crippen LogP contribution in [-0.4, -0.2) is 57.9 Å². The molecule has 0 atom stereocenters. The average molecular weight is 356 g/mol. The molecule has 0 aliphatic heterocycles. The number of rotatable bonds is 11. The summed E-state index contributed by atoms with van der Waals surface area (Å²) in [6, 6.07) is 10.5. The van der Waals surface area contributed by atoms with Crippen LogP contribution in [0.3, 0.4) is 0 Å². The van der Waals surface area contributed by atoms with E-state index in [2.05, 4.69) is 32.1 Å². The Hall–Kier alpha value is -0.823. The molecule has 0 N–H and O–H groups in total. The van der Waals surface area contributed by atoms with Crippen molar-refractivity contribution in [3.8, 4) is 5.75 Å². The van der Waals surface area contributed by atoms with Gasteiger partial charge in [0.15, 0.2) is 14.9 Å². The molecule has 23 heavy (non-hydrogen) atoms. The fourth-order valence-corrected chi connectivity index (χ4v) is 4.69. The molecule has 0 unspecified atom stereocenters. The van der Waals surface area contributed by atoms with Gasteiger partial charge in [-0.25, -0.2) is 0 Å². The number of thioether (sulfide) groups is 1. The molecule has 0 amide bonds. The lowest BCUT2D eigenvalue weighted by Crippen LogP contribution is -2.33. The highest BCUT2D eigenvalue weighted by Gasteiger charge is 2.21. The zero-order valence-electron chi connectivity index (χ0n) is 14.7. The maximum Gasteiger partial charge on any atom is 0.226 e. The predicted octanol–water partition coefficient (Wildman–Crippen LogP) is 3.50. The van der Waals surface area contributed by atoms with Crippen LogP contribution in [-0.2, 0) is 9.22 Å². The number of nitrogens with zero attached hydrogens (tertiary/aromatic N) is 1. The third-order valence-electron chi connectivity index (χ3n) is 3.32. The highest BCUT2D eigenvalue weighted by atomic mass is 32.2. The summed E-state index contributed by atoms with van der Waals surface area (Å²) in [4.78, 5) is 13.9. The molecule has 0 aromatic heterocycles. The van der Waals surface area contributed by atoms with Gasteiger partial charge in [-0.2, -0.15) is 0 Å². The molecule has 130 valence electrons. The molecule has 0 spiro atoms. The van der Waals surface area contributed by atoms with Crippen molar-refractivity contribution in [1.82, 2.24) is 4.90 Å². The van der Waals surface area contributed by atoms with Gasteiger partial charge in [0.25, 0.3) is 0 Å². The highest BCUT2D eigenvalue weighted by Crippen LogP contribution is 2.17. The summed E-state index contributed by atoms with van der Waals surface area (Å²) >= 11 is 1.36. The maximum absolute atomic E-state index is 11.8. The van der Waals surface area contributed by atoms with E-state index in [0.717, 1.165) is 37.1 Å². The van der Waals surface area contributed by atoms with Crippen LogP contribution in [0.1, 0.15) is 6.42 Å². The lowest BCUT2D eigenvalue weighted by atomic mass is 10.3. The summed E-state index contributed by atoms with van der Waals surface area (Å²) in [6.07, 6.45) is 1.02. The first-order valence-corrected chi connectivity index (χ1v) is 12.1. The minimum absolute atomic E-state index is 0.0850. The maximum atomic E-state index is 11.8. The molecular weight excluding hydrogens is 326 g/mol. The Labute approximate surface area is 145 Å². The average Bonchev–Trinajstić information content (AvgIpc) is 2.50. The predicted molar refractivity (Wildman–Crippen MR) is 101 cm³/mol. The number of para-hydroxylation sites is 1. The van der Waals surface area contributed by atoms with E-state index in [-0.39, 0.29) is 11.7 Å². The van der Waals surface area contributed by atoms with E-state index in [1.807, 2.05) is 30.3 Å². The zero-order chi connectivity index (χ0) is 17.1. The SMILES string of the molecule is CN(C)CCO[Si](C)(C)CCCSC(=O)COc1ccccc1. The standard InChI is InChI=1S/C17H29NO3SSi/c1-18(2)11-12-21-23(3,4)14-8-13-22-17(19)15-20-16-9-6-5-7-10-16/h5-7,9-10H,8,11-15H2,1-4H3. The first-order valence-electron chi connectivity index (χ1n) is 8.01. The largest absolute Gasteiger partial charge is 0.485 e. The Kier molecular flexibility index (Phi) is 9.55. The summed E-state index contributed by atoms with van der Waals surface area (Å²) in [5, 5.41) is 0.0850. The van der Waals surface area contributed by atoms with Gasteiger partial charge >= 0.3 is 0 Å². The molecule has 0 radical (unpaired) electrons. The van der Waals surface area contributed by atoms with Crippen molar-refractivity contribution < 1.29 is 14.0 Å². The minimum atomic E-state index is -1.60. The number of hydrogen-bond donors (Lipinski definition) is 0. The summed E-state index contributed by atoms with van der Waals surface area (Å²) in [5.41, 5.74) is 0. The number of benzene rings is 1. The van der Waals surface area contributed by atoms with Gasteiger partial charge in [0.1, 0.15) is 5.75 Å². The molecule has 0 aliphatic rings. The molecule has 6 heteroatoms. The van der Waals surface area contributed by atoms with Crippen LogP contribution in [0.2, 0.25) is 19.1 Å². The quantitative estimate of drug-likeness (QED) is 0.449. The topological polar surface area (TPSA) is 38.8 Å². The summed E-state index contributed by atoms with van der Waals surface area (Å²) < 4.78 is 11.5. The number of ether oxygens (including phenoxy) is 1. The molecular formula is C17H29NO3SSi. The molecule has 0 bridgehead atoms. The van der Waals surface area contributed by atoms with Crippen molar-refractivity contribution in [2.24, 2.45) is 0 Å². The molecule has 0 saturated carbocycles. The fourth-order valence-electron chi connectivity index (χ4n) is 1.96. The number of likely N-dealkylation sites (N-methyl/N-ethyl adjacent to an activating group) is 1. The lowest BCUT2D eigenvalue weighted by molar-refractivity contribution is -0.112. The first-order chi connectivity index (χ1) is 10.9. The second-order valence-electron chi connectivity index (χ2n) is 6.34. The van der Waals surface area contributed by atoms with E-state index in [4.69, 9.17) is 9.16 Å². The van der Waals surface area contributed by atoms with E-state index in [9.17, 15) is 4.79 Å². The van der Waals surface area contributed by atoms with Crippen LogP contribution in [0.25, 0.3) is 0 Å². The van der Waals surface area contributed by atoms with Crippen molar-refractivity contribution in [3.05, 3.63) is 30.3 Å². The molecule has 1 rings (SSSR count). The van der Waals surface area contributed by atoms with E-state index in [0.29, 0.717) is 0 Å². The second kappa shape index (κ2) is 10.9. The van der Waals surface area contributed by atoms with Gasteiger partial charge in [-0.1, -0.05) is 30.0 Å². The monoisotopic (exact) mass is 355 g/mol. The van der Waals surface area contributed by atoms with Crippen LogP contribution in [0.15, 0.2) is 30.3 Å². The zero-order valence-corrected chi connectivity index (χ0v) is 16.5. The van der Waals surface area contributed by atoms with Crippen molar-refractivity contribution in [2.75, 3.05) is 39.6 Å². The van der Waals surface area contributed by atoms with Gasteiger partial charge in [-0.3, -0.25) is 4.79 Å². The summed E-state index contributed by atoms with van der Waals surface area (Å²) in [6.45, 7) is 6.37. The van der Waals surface area contributed by atoms with E-state index < -0.39 is 8.32 Å². The molecule has 0 fully saturated rings. The molecule has 1 aromatic rings. The third kappa shape index (κ3) is 10.5. The third-order valence-corrected chi connectivity index (χ3v) is 6.79. The van der Waals surface area contributed by atoms with Gasteiger partial charge in [0, 0.05) is 18.9 Å². The van der Waals surface area contributed by atoms with Gasteiger partial charge in [-0.15, -0.1) is 0 Å². The van der Waals surface area contributed by atoms with Gasteiger partial charge in [0.2, 0.25) is 5.12 Å². The van der Waals surface area contributed by atoms with Crippen LogP contribution < -0.4 is 4.74 Å². The van der Waals surface area contributed by atoms with Crippen LogP contribution in [0.5, 0.6) is 5.75 Å². The molecule has 0 aliphatic carbocycles. The van der Waals surface area contributed by atoms with Crippen molar-refractivity contribution in [1.29, 1.82) is 0 Å². The van der Waals surface area contributed by atoms with Gasteiger partial charge in [-0.05, 0) is 51.8 Å². The summed E-state index contributed by atoms with van der Waals surface area (Å²) in [7, 11) is 2.51. The van der Waals surface area contributed by atoms with Crippen LogP contribution in [0.4, 0.5) is 0 Å². The Morgan fingerprint density at radius 2 is 1.91 bits per heavy atom. The number of carbonyl (C=O) groups is 1. The fraction of sp³-hybridized carbons (Fsp3) is 0.588. The van der Waals surface area contributed by atoms with Gasteiger partial charge < -0.3 is 14.1 Å². The Morgan fingerprint density at radius 1 is 1.22 bits per heavy atom. The van der Waals surface area contributed by atoms with E-state index >= 15 is 0 Å².